The number of carboxylic acid groups (broad SMARTS) is 2. The van der Waals surface area contributed by atoms with Crippen molar-refractivity contribution in [3.63, 3.8) is 0 Å². The minimum Gasteiger partial charge on any atom is -0.508 e. The van der Waals surface area contributed by atoms with Crippen LogP contribution in [0.1, 0.15) is 23.2 Å². The Morgan fingerprint density at radius 1 is 0.741 bits per heavy atom. The van der Waals surface area contributed by atoms with Crippen molar-refractivity contribution in [1.29, 1.82) is 0 Å². The van der Waals surface area contributed by atoms with Gasteiger partial charge >= 0.3 is 29.0 Å². The first-order chi connectivity index (χ1) is 12.4. The van der Waals surface area contributed by atoms with Gasteiger partial charge in [0, 0.05) is 23.5 Å². The summed E-state index contributed by atoms with van der Waals surface area (Å²) in [5.41, 5.74) is 0.334. The van der Waals surface area contributed by atoms with E-state index in [-0.39, 0.29) is 39.7 Å². The van der Waals surface area contributed by atoms with E-state index < -0.39 is 24.0 Å². The molecule has 0 aliphatic rings. The van der Waals surface area contributed by atoms with E-state index in [9.17, 15) is 30.0 Å². The molecule has 0 aliphatic carbocycles. The molecule has 6 N–H and O–H groups in total. The van der Waals surface area contributed by atoms with E-state index in [0.717, 1.165) is 0 Å². The zero-order valence-electron chi connectivity index (χ0n) is 13.9. The second kappa shape index (κ2) is 10.1. The molecule has 0 saturated heterocycles. The average molecular weight is 414 g/mol. The van der Waals surface area contributed by atoms with E-state index in [1.165, 1.54) is 36.7 Å². The molecule has 0 aromatic heterocycles. The maximum Gasteiger partial charge on any atom is 3.00 e. The maximum absolute atomic E-state index is 11.4. The number of aromatic hydroxyl groups is 2. The van der Waals surface area contributed by atoms with Crippen molar-refractivity contribution in [2.45, 2.75) is 12.1 Å². The number of benzene rings is 2. The SMILES string of the molecule is O=C(O)C(N/C=C/NC(C(=O)O)c1ccccc1O)c1ccccc1O.[Fe+3]. The van der Waals surface area contributed by atoms with Crippen LogP contribution in [0.5, 0.6) is 11.5 Å². The van der Waals surface area contributed by atoms with Gasteiger partial charge in [-0.05, 0) is 12.1 Å². The summed E-state index contributed by atoms with van der Waals surface area (Å²) >= 11 is 0. The Bertz CT molecular complexity index is 760. The summed E-state index contributed by atoms with van der Waals surface area (Å²) in [6.45, 7) is 0. The van der Waals surface area contributed by atoms with Crippen LogP contribution in [-0.4, -0.2) is 32.4 Å². The Morgan fingerprint density at radius 2 is 1.07 bits per heavy atom. The molecule has 2 aromatic rings. The predicted octanol–water partition coefficient (Wildman–Crippen LogP) is 1.70. The summed E-state index contributed by atoms with van der Waals surface area (Å²) in [4.78, 5) is 22.8. The van der Waals surface area contributed by atoms with Crippen LogP contribution >= 0.6 is 0 Å². The van der Waals surface area contributed by atoms with Gasteiger partial charge in [0.05, 0.1) is 0 Å². The topological polar surface area (TPSA) is 139 Å². The number of aliphatic carboxylic acids is 2. The number of hydrogen-bond donors (Lipinski definition) is 6. The van der Waals surface area contributed by atoms with Gasteiger partial charge in [0.1, 0.15) is 11.5 Å². The van der Waals surface area contributed by atoms with Crippen molar-refractivity contribution in [3.8, 4) is 11.5 Å². The van der Waals surface area contributed by atoms with Crippen LogP contribution in [-0.2, 0) is 26.7 Å². The van der Waals surface area contributed by atoms with Gasteiger partial charge in [-0.1, -0.05) is 36.4 Å². The molecule has 0 heterocycles. The molecule has 27 heavy (non-hydrogen) atoms. The molecular weight excluding hydrogens is 396 g/mol. The summed E-state index contributed by atoms with van der Waals surface area (Å²) in [6, 6.07) is 9.54. The van der Waals surface area contributed by atoms with E-state index in [0.29, 0.717) is 0 Å². The number of nitrogens with one attached hydrogen (secondary N) is 2. The molecule has 0 amide bonds. The van der Waals surface area contributed by atoms with Crippen LogP contribution < -0.4 is 10.6 Å². The van der Waals surface area contributed by atoms with Gasteiger partial charge in [-0.3, -0.25) is 0 Å². The average Bonchev–Trinajstić information content (AvgIpc) is 2.59. The number of hydrogen-bond acceptors (Lipinski definition) is 6. The molecule has 0 saturated carbocycles. The zero-order chi connectivity index (χ0) is 19.1. The van der Waals surface area contributed by atoms with Crippen molar-refractivity contribution in [3.05, 3.63) is 72.1 Å². The Morgan fingerprint density at radius 3 is 1.37 bits per heavy atom. The Labute approximate surface area is 165 Å². The molecule has 0 bridgehead atoms. The minimum atomic E-state index is -1.22. The zero-order valence-corrected chi connectivity index (χ0v) is 15.0. The molecule has 0 fully saturated rings. The van der Waals surface area contributed by atoms with Crippen molar-refractivity contribution in [2.75, 3.05) is 0 Å². The van der Waals surface area contributed by atoms with E-state index in [1.807, 2.05) is 0 Å². The first-order valence-electron chi connectivity index (χ1n) is 7.60. The maximum atomic E-state index is 11.4. The van der Waals surface area contributed by atoms with E-state index in [2.05, 4.69) is 10.6 Å². The Kier molecular flexibility index (Phi) is 8.19. The molecule has 8 nitrogen and oxygen atoms in total. The van der Waals surface area contributed by atoms with Crippen LogP contribution in [0.3, 0.4) is 0 Å². The molecule has 2 aromatic carbocycles. The summed E-state index contributed by atoms with van der Waals surface area (Å²) in [7, 11) is 0. The standard InChI is InChI=1S/C18H18N2O6.Fe/c21-13-7-3-1-5-11(13)15(17(23)24)19-9-10-20-16(18(25)26)12-6-2-4-8-14(12)22;/h1-10,15-16,19-22H,(H,23,24)(H,25,26);/q;+3/b10-9+;. The molecule has 1 radical (unpaired) electrons. The first-order valence-corrected chi connectivity index (χ1v) is 7.60. The molecule has 9 heteroatoms. The monoisotopic (exact) mass is 414 g/mol. The number of phenols is 2. The van der Waals surface area contributed by atoms with Crippen LogP contribution in [0.15, 0.2) is 60.9 Å². The third-order valence-corrected chi connectivity index (χ3v) is 3.60. The molecule has 0 spiro atoms. The van der Waals surface area contributed by atoms with E-state index in [1.54, 1.807) is 24.3 Å². The molecule has 2 rings (SSSR count). The second-order valence-corrected chi connectivity index (χ2v) is 5.33. The Balaban J connectivity index is 0.00000364. The molecule has 141 valence electrons. The van der Waals surface area contributed by atoms with Gasteiger partial charge < -0.3 is 31.1 Å². The van der Waals surface area contributed by atoms with Crippen LogP contribution in [0, 0.1) is 0 Å². The number of phenolic OH excluding ortho intramolecular Hbond substituents is 2. The summed E-state index contributed by atoms with van der Waals surface area (Å²) in [5.74, 6) is -2.78. The van der Waals surface area contributed by atoms with E-state index in [4.69, 9.17) is 0 Å². The molecular formula is C18H18FeN2O6+3. The summed E-state index contributed by atoms with van der Waals surface area (Å²) in [5, 5.41) is 43.3. The molecule has 2 atom stereocenters. The summed E-state index contributed by atoms with van der Waals surface area (Å²) in [6.07, 6.45) is 2.45. The van der Waals surface area contributed by atoms with Gasteiger partial charge in [0.2, 0.25) is 0 Å². The predicted molar refractivity (Wildman–Crippen MR) is 92.4 cm³/mol. The van der Waals surface area contributed by atoms with Crippen molar-refractivity contribution < 1.29 is 47.1 Å². The van der Waals surface area contributed by atoms with Gasteiger partial charge in [0.25, 0.3) is 0 Å². The van der Waals surface area contributed by atoms with Crippen LogP contribution in [0.2, 0.25) is 0 Å². The van der Waals surface area contributed by atoms with Gasteiger partial charge in [-0.2, -0.15) is 0 Å². The normalized spacial score (nSPS) is 12.6. The molecule has 2 unspecified atom stereocenters. The second-order valence-electron chi connectivity index (χ2n) is 5.33. The fourth-order valence-corrected chi connectivity index (χ4v) is 2.34. The quantitative estimate of drug-likeness (QED) is 0.359. The first kappa shape index (κ1) is 21.9. The fraction of sp³-hybridized carbons (Fsp3) is 0.111. The number of carboxylic acids is 2. The van der Waals surface area contributed by atoms with Crippen molar-refractivity contribution in [2.24, 2.45) is 0 Å². The van der Waals surface area contributed by atoms with Crippen molar-refractivity contribution >= 4 is 11.9 Å². The van der Waals surface area contributed by atoms with Gasteiger partial charge in [-0.25, -0.2) is 9.59 Å². The smallest absolute Gasteiger partial charge is 0.508 e. The van der Waals surface area contributed by atoms with Crippen molar-refractivity contribution in [1.82, 2.24) is 10.6 Å². The molecule has 0 aliphatic heterocycles. The minimum absolute atomic E-state index is 0. The number of para-hydroxylation sites is 2. The number of carbonyl (C=O) groups is 2. The van der Waals surface area contributed by atoms with Crippen LogP contribution in [0.4, 0.5) is 0 Å². The van der Waals surface area contributed by atoms with Crippen LogP contribution in [0.25, 0.3) is 0 Å². The third kappa shape index (κ3) is 5.67. The third-order valence-electron chi connectivity index (χ3n) is 3.60. The van der Waals surface area contributed by atoms with Gasteiger partial charge in [0.15, 0.2) is 12.1 Å². The largest absolute Gasteiger partial charge is 3.00 e. The van der Waals surface area contributed by atoms with E-state index >= 15 is 0 Å². The fourth-order valence-electron chi connectivity index (χ4n) is 2.34. The van der Waals surface area contributed by atoms with Gasteiger partial charge in [-0.15, -0.1) is 0 Å². The Hall–Kier alpha value is -3.16. The number of rotatable bonds is 8. The summed E-state index contributed by atoms with van der Waals surface area (Å²) < 4.78 is 0.